The van der Waals surface area contributed by atoms with Gasteiger partial charge in [0.15, 0.2) is 5.78 Å². The third-order valence-electron chi connectivity index (χ3n) is 2.10. The van der Waals surface area contributed by atoms with E-state index in [2.05, 4.69) is 37.9 Å². The number of hydrogen-bond donors (Lipinski definition) is 0. The van der Waals surface area contributed by atoms with Gasteiger partial charge in [-0.05, 0) is 55.8 Å². The van der Waals surface area contributed by atoms with Gasteiger partial charge in [-0.15, -0.1) is 22.7 Å². The van der Waals surface area contributed by atoms with E-state index in [9.17, 15) is 4.79 Å². The Kier molecular flexibility index (Phi) is 4.35. The van der Waals surface area contributed by atoms with Crippen LogP contribution in [0.5, 0.6) is 0 Å². The monoisotopic (exact) mass is 378 g/mol. The largest absolute Gasteiger partial charge is 0.293 e. The summed E-state index contributed by atoms with van der Waals surface area (Å²) in [5.41, 5.74) is 0. The number of hydrogen-bond acceptors (Lipinski definition) is 3. The molecule has 0 aliphatic carbocycles. The molecule has 0 bridgehead atoms. The lowest BCUT2D eigenvalue weighted by Crippen LogP contribution is -1.97. The maximum absolute atomic E-state index is 11.9. The third-order valence-corrected chi connectivity index (χ3v) is 6.33. The van der Waals surface area contributed by atoms with Crippen molar-refractivity contribution < 1.29 is 4.79 Å². The fraction of sp³-hybridized carbons (Fsp3) is 0.182. The van der Waals surface area contributed by atoms with E-state index in [1.807, 2.05) is 17.5 Å². The Bertz CT molecular complexity index is 469. The molecule has 0 radical (unpaired) electrons. The molecule has 2 aromatic heterocycles. The van der Waals surface area contributed by atoms with Crippen LogP contribution in [0.4, 0.5) is 0 Å². The normalized spacial score (nSPS) is 10.6. The Balaban J connectivity index is 1.98. The first-order valence-electron chi connectivity index (χ1n) is 4.67. The summed E-state index contributed by atoms with van der Waals surface area (Å²) in [6.07, 6.45) is 1.42. The van der Waals surface area contributed by atoms with Crippen LogP contribution < -0.4 is 0 Å². The summed E-state index contributed by atoms with van der Waals surface area (Å²) in [5, 5.41) is 2.04. The summed E-state index contributed by atoms with van der Waals surface area (Å²) in [5.74, 6) is 0.213. The lowest BCUT2D eigenvalue weighted by molar-refractivity contribution is 0.0987. The fourth-order valence-corrected chi connectivity index (χ4v) is 4.01. The smallest absolute Gasteiger partial charge is 0.173 e. The molecule has 0 fully saturated rings. The molecule has 0 spiro atoms. The average Bonchev–Trinajstić information content (AvgIpc) is 2.86. The first-order valence-corrected chi connectivity index (χ1v) is 7.95. The summed E-state index contributed by atoms with van der Waals surface area (Å²) in [6.45, 7) is 0. The van der Waals surface area contributed by atoms with Gasteiger partial charge < -0.3 is 0 Å². The maximum atomic E-state index is 11.9. The van der Waals surface area contributed by atoms with E-state index in [-0.39, 0.29) is 5.78 Å². The predicted octanol–water partition coefficient (Wildman–Crippen LogP) is 5.15. The van der Waals surface area contributed by atoms with Crippen LogP contribution in [0.2, 0.25) is 0 Å². The van der Waals surface area contributed by atoms with E-state index in [1.54, 1.807) is 11.3 Å². The topological polar surface area (TPSA) is 17.1 Å². The lowest BCUT2D eigenvalue weighted by atomic mass is 10.2. The highest BCUT2D eigenvalue weighted by Gasteiger charge is 2.12. The molecular formula is C11H8Br2OS2. The van der Waals surface area contributed by atoms with Gasteiger partial charge >= 0.3 is 0 Å². The molecule has 2 heterocycles. The molecule has 0 saturated heterocycles. The Morgan fingerprint density at radius 1 is 1.38 bits per heavy atom. The van der Waals surface area contributed by atoms with Crippen molar-refractivity contribution in [3.8, 4) is 0 Å². The maximum Gasteiger partial charge on any atom is 0.173 e. The van der Waals surface area contributed by atoms with E-state index in [4.69, 9.17) is 0 Å². The number of carbonyl (C=O) groups excluding carboxylic acids is 1. The summed E-state index contributed by atoms with van der Waals surface area (Å²) >= 11 is 9.97. The fourth-order valence-electron chi connectivity index (χ4n) is 1.30. The van der Waals surface area contributed by atoms with Crippen LogP contribution in [0.1, 0.15) is 21.0 Å². The minimum atomic E-state index is 0.213. The lowest BCUT2D eigenvalue weighted by Gasteiger charge is -1.95. The first kappa shape index (κ1) is 12.5. The molecule has 16 heavy (non-hydrogen) atoms. The molecule has 2 rings (SSSR count). The summed E-state index contributed by atoms with van der Waals surface area (Å²) in [4.78, 5) is 14.0. The zero-order valence-electron chi connectivity index (χ0n) is 8.20. The van der Waals surface area contributed by atoms with Crippen LogP contribution in [-0.4, -0.2) is 5.78 Å². The number of aryl methyl sites for hydroxylation is 1. The molecule has 84 valence electrons. The van der Waals surface area contributed by atoms with Crippen LogP contribution in [0.25, 0.3) is 0 Å². The minimum absolute atomic E-state index is 0.213. The van der Waals surface area contributed by atoms with Gasteiger partial charge in [0.2, 0.25) is 0 Å². The Morgan fingerprint density at radius 3 is 2.75 bits per heavy atom. The summed E-state index contributed by atoms with van der Waals surface area (Å²) < 4.78 is 1.93. The molecule has 1 nitrogen and oxygen atoms in total. The Hall–Kier alpha value is 0.0300. The second-order valence-corrected chi connectivity index (χ2v) is 7.49. The van der Waals surface area contributed by atoms with E-state index >= 15 is 0 Å². The highest BCUT2D eigenvalue weighted by Crippen LogP contribution is 2.33. The van der Waals surface area contributed by atoms with Gasteiger partial charge in [0.05, 0.1) is 8.66 Å². The molecule has 0 atom stereocenters. The predicted molar refractivity (Wildman–Crippen MR) is 76.7 cm³/mol. The van der Waals surface area contributed by atoms with E-state index in [0.29, 0.717) is 6.42 Å². The number of Topliss-reactive ketones (excluding diaryl/α,β-unsaturated/α-hetero) is 1. The van der Waals surface area contributed by atoms with E-state index in [1.165, 1.54) is 16.2 Å². The van der Waals surface area contributed by atoms with Crippen molar-refractivity contribution in [2.45, 2.75) is 12.8 Å². The van der Waals surface area contributed by atoms with Crippen molar-refractivity contribution in [1.29, 1.82) is 0 Å². The van der Waals surface area contributed by atoms with Gasteiger partial charge in [0.25, 0.3) is 0 Å². The number of thiophene rings is 2. The molecular weight excluding hydrogens is 372 g/mol. The third kappa shape index (κ3) is 3.03. The highest BCUT2D eigenvalue weighted by atomic mass is 79.9. The standard InChI is InChI=1S/C11H8Br2OS2/c12-8-6-10(16-11(8)13)9(14)4-3-7-2-1-5-15-7/h1-2,5-6H,3-4H2. The molecule has 0 N–H and O–H groups in total. The van der Waals surface area contributed by atoms with E-state index < -0.39 is 0 Å². The van der Waals surface area contributed by atoms with Gasteiger partial charge in [-0.2, -0.15) is 0 Å². The van der Waals surface area contributed by atoms with Crippen LogP contribution in [0, 0.1) is 0 Å². The molecule has 5 heteroatoms. The molecule has 0 aromatic carbocycles. The van der Waals surface area contributed by atoms with Gasteiger partial charge in [-0.25, -0.2) is 0 Å². The van der Waals surface area contributed by atoms with Crippen molar-refractivity contribution in [2.75, 3.05) is 0 Å². The average molecular weight is 380 g/mol. The Morgan fingerprint density at radius 2 is 2.19 bits per heavy atom. The van der Waals surface area contributed by atoms with Crippen LogP contribution in [0.3, 0.4) is 0 Å². The molecule has 0 aliphatic rings. The van der Waals surface area contributed by atoms with Crippen molar-refractivity contribution in [1.82, 2.24) is 0 Å². The molecule has 0 aliphatic heterocycles. The quantitative estimate of drug-likeness (QED) is 0.671. The van der Waals surface area contributed by atoms with Crippen molar-refractivity contribution in [3.63, 3.8) is 0 Å². The van der Waals surface area contributed by atoms with Crippen LogP contribution >= 0.6 is 54.5 Å². The zero-order chi connectivity index (χ0) is 11.5. The van der Waals surface area contributed by atoms with Crippen molar-refractivity contribution in [2.24, 2.45) is 0 Å². The molecule has 0 saturated carbocycles. The number of rotatable bonds is 4. The van der Waals surface area contributed by atoms with Gasteiger partial charge in [0, 0.05) is 15.8 Å². The highest BCUT2D eigenvalue weighted by molar-refractivity contribution is 9.13. The molecule has 2 aromatic rings. The number of ketones is 1. The summed E-state index contributed by atoms with van der Waals surface area (Å²) in [7, 11) is 0. The molecule has 0 unspecified atom stereocenters. The van der Waals surface area contributed by atoms with E-state index in [0.717, 1.165) is 19.6 Å². The summed E-state index contributed by atoms with van der Waals surface area (Å²) in [6, 6.07) is 5.96. The van der Waals surface area contributed by atoms with Crippen LogP contribution in [0.15, 0.2) is 31.8 Å². The second kappa shape index (κ2) is 5.58. The number of halogens is 2. The van der Waals surface area contributed by atoms with Gasteiger partial charge in [-0.1, -0.05) is 6.07 Å². The van der Waals surface area contributed by atoms with Crippen molar-refractivity contribution >= 4 is 60.3 Å². The van der Waals surface area contributed by atoms with Gasteiger partial charge in [0.1, 0.15) is 0 Å². The zero-order valence-corrected chi connectivity index (χ0v) is 13.0. The SMILES string of the molecule is O=C(CCc1cccs1)c1cc(Br)c(Br)s1. The van der Waals surface area contributed by atoms with Crippen molar-refractivity contribution in [3.05, 3.63) is 41.6 Å². The Labute approximate surface area is 119 Å². The first-order chi connectivity index (χ1) is 7.66. The molecule has 0 amide bonds. The van der Waals surface area contributed by atoms with Gasteiger partial charge in [-0.3, -0.25) is 4.79 Å². The second-order valence-electron chi connectivity index (χ2n) is 3.23. The number of carbonyl (C=O) groups is 1. The minimum Gasteiger partial charge on any atom is -0.293 e. The van der Waals surface area contributed by atoms with Crippen LogP contribution in [-0.2, 0) is 6.42 Å².